The maximum Gasteiger partial charge on any atom is 0.0702 e. The molecular formula is C11H17N3O. The van der Waals surface area contributed by atoms with Crippen LogP contribution in [0.25, 0.3) is 0 Å². The number of fused-ring (bicyclic) bond motifs is 1. The van der Waals surface area contributed by atoms with Crippen LogP contribution in [0, 0.1) is 0 Å². The first-order valence-electron chi connectivity index (χ1n) is 5.79. The number of nitrogens with one attached hydrogen (secondary N) is 2. The van der Waals surface area contributed by atoms with E-state index in [1.807, 2.05) is 0 Å². The third-order valence-corrected chi connectivity index (χ3v) is 3.45. The van der Waals surface area contributed by atoms with Gasteiger partial charge in [0.15, 0.2) is 0 Å². The lowest BCUT2D eigenvalue weighted by Crippen LogP contribution is -2.25. The van der Waals surface area contributed by atoms with Gasteiger partial charge >= 0.3 is 0 Å². The van der Waals surface area contributed by atoms with Crippen molar-refractivity contribution in [2.24, 2.45) is 0 Å². The fourth-order valence-corrected chi connectivity index (χ4v) is 2.56. The van der Waals surface area contributed by atoms with Crippen molar-refractivity contribution < 1.29 is 4.74 Å². The predicted molar refractivity (Wildman–Crippen MR) is 56.8 cm³/mol. The molecule has 0 saturated carbocycles. The second-order valence-corrected chi connectivity index (χ2v) is 4.38. The van der Waals surface area contributed by atoms with Crippen molar-refractivity contribution in [2.45, 2.75) is 31.7 Å². The molecule has 82 valence electrons. The van der Waals surface area contributed by atoms with Gasteiger partial charge in [-0.05, 0) is 12.8 Å². The van der Waals surface area contributed by atoms with Gasteiger partial charge in [-0.3, -0.25) is 5.10 Å². The molecule has 2 aliphatic heterocycles. The summed E-state index contributed by atoms with van der Waals surface area (Å²) in [6.45, 7) is 3.83. The topological polar surface area (TPSA) is 49.9 Å². The number of H-pyrrole nitrogens is 1. The molecule has 3 rings (SSSR count). The fraction of sp³-hybridized carbons (Fsp3) is 0.727. The number of ether oxygens (including phenoxy) is 1. The molecule has 0 spiro atoms. The number of rotatable bonds is 1. The molecule has 0 radical (unpaired) electrons. The molecule has 3 heterocycles. The lowest BCUT2D eigenvalue weighted by molar-refractivity contribution is 0.0843. The van der Waals surface area contributed by atoms with E-state index in [1.165, 1.54) is 17.0 Å². The molecule has 0 unspecified atom stereocenters. The summed E-state index contributed by atoms with van der Waals surface area (Å²) < 4.78 is 5.39. The Labute approximate surface area is 89.4 Å². The van der Waals surface area contributed by atoms with Crippen molar-refractivity contribution in [3.05, 3.63) is 17.0 Å². The number of nitrogens with zero attached hydrogens (tertiary/aromatic N) is 1. The molecule has 4 nitrogen and oxygen atoms in total. The van der Waals surface area contributed by atoms with E-state index in [4.69, 9.17) is 4.74 Å². The Hall–Kier alpha value is -0.870. The van der Waals surface area contributed by atoms with Crippen LogP contribution in [0.2, 0.25) is 0 Å². The van der Waals surface area contributed by atoms with Gasteiger partial charge in [0.05, 0.1) is 5.69 Å². The molecule has 2 aliphatic rings. The Morgan fingerprint density at radius 2 is 2.13 bits per heavy atom. The zero-order valence-electron chi connectivity index (χ0n) is 8.88. The third kappa shape index (κ3) is 1.68. The summed E-state index contributed by atoms with van der Waals surface area (Å²) in [6.07, 6.45) is 3.33. The van der Waals surface area contributed by atoms with Crippen molar-refractivity contribution >= 4 is 0 Å². The highest BCUT2D eigenvalue weighted by Gasteiger charge is 2.24. The van der Waals surface area contributed by atoms with Gasteiger partial charge in [0.2, 0.25) is 0 Å². The van der Waals surface area contributed by atoms with E-state index in [1.54, 1.807) is 0 Å². The molecule has 1 aromatic heterocycles. The number of aromatic amines is 1. The van der Waals surface area contributed by atoms with Gasteiger partial charge in [-0.15, -0.1) is 0 Å². The highest BCUT2D eigenvalue weighted by Crippen LogP contribution is 2.30. The standard InChI is InChI=1S/C11H17N3O/c1-4-12-7-9-10(1)13-14-11(9)8-2-5-15-6-3-8/h8,12H,1-7H2,(H,13,14). The summed E-state index contributed by atoms with van der Waals surface area (Å²) in [6, 6.07) is 0. The molecule has 1 fully saturated rings. The van der Waals surface area contributed by atoms with Gasteiger partial charge in [-0.2, -0.15) is 5.10 Å². The largest absolute Gasteiger partial charge is 0.381 e. The second-order valence-electron chi connectivity index (χ2n) is 4.38. The van der Waals surface area contributed by atoms with Crippen LogP contribution in [0.5, 0.6) is 0 Å². The molecule has 0 bridgehead atoms. The minimum atomic E-state index is 0.610. The van der Waals surface area contributed by atoms with Crippen LogP contribution in [-0.2, 0) is 17.7 Å². The molecule has 0 amide bonds. The van der Waals surface area contributed by atoms with Gasteiger partial charge in [-0.1, -0.05) is 0 Å². The van der Waals surface area contributed by atoms with Crippen molar-refractivity contribution in [1.29, 1.82) is 0 Å². The zero-order valence-corrected chi connectivity index (χ0v) is 8.88. The number of aromatic nitrogens is 2. The first kappa shape index (κ1) is 9.36. The summed E-state index contributed by atoms with van der Waals surface area (Å²) in [5.41, 5.74) is 4.06. The van der Waals surface area contributed by atoms with Gasteiger partial charge < -0.3 is 10.1 Å². The Morgan fingerprint density at radius 1 is 1.27 bits per heavy atom. The summed E-state index contributed by atoms with van der Waals surface area (Å²) in [5, 5.41) is 11.1. The Kier molecular flexibility index (Phi) is 2.46. The first-order chi connectivity index (χ1) is 7.45. The number of hydrogen-bond acceptors (Lipinski definition) is 3. The summed E-state index contributed by atoms with van der Waals surface area (Å²) >= 11 is 0. The molecule has 2 N–H and O–H groups in total. The van der Waals surface area contributed by atoms with E-state index in [0.717, 1.165) is 45.6 Å². The van der Waals surface area contributed by atoms with E-state index >= 15 is 0 Å². The van der Waals surface area contributed by atoms with E-state index in [-0.39, 0.29) is 0 Å². The van der Waals surface area contributed by atoms with Crippen LogP contribution in [-0.4, -0.2) is 30.0 Å². The summed E-state index contributed by atoms with van der Waals surface area (Å²) in [4.78, 5) is 0. The van der Waals surface area contributed by atoms with E-state index in [0.29, 0.717) is 5.92 Å². The molecule has 0 aliphatic carbocycles. The lowest BCUT2D eigenvalue weighted by atomic mass is 9.92. The maximum atomic E-state index is 5.39. The van der Waals surface area contributed by atoms with Crippen molar-refractivity contribution in [1.82, 2.24) is 15.5 Å². The predicted octanol–water partition coefficient (Wildman–Crippen LogP) is 0.949. The van der Waals surface area contributed by atoms with Crippen LogP contribution in [0.1, 0.15) is 35.7 Å². The van der Waals surface area contributed by atoms with Gasteiger partial charge in [0.25, 0.3) is 0 Å². The van der Waals surface area contributed by atoms with Gasteiger partial charge in [-0.25, -0.2) is 0 Å². The second kappa shape index (κ2) is 3.94. The van der Waals surface area contributed by atoms with Crippen molar-refractivity contribution in [3.63, 3.8) is 0 Å². The highest BCUT2D eigenvalue weighted by molar-refractivity contribution is 5.30. The van der Waals surface area contributed by atoms with Gasteiger partial charge in [0, 0.05) is 49.9 Å². The number of hydrogen-bond donors (Lipinski definition) is 2. The Balaban J connectivity index is 1.87. The Bertz CT molecular complexity index is 342. The lowest BCUT2D eigenvalue weighted by Gasteiger charge is -2.22. The third-order valence-electron chi connectivity index (χ3n) is 3.45. The van der Waals surface area contributed by atoms with E-state index < -0.39 is 0 Å². The normalized spacial score (nSPS) is 22.7. The van der Waals surface area contributed by atoms with E-state index in [9.17, 15) is 0 Å². The zero-order chi connectivity index (χ0) is 10.1. The molecule has 0 atom stereocenters. The summed E-state index contributed by atoms with van der Waals surface area (Å²) in [7, 11) is 0. The first-order valence-corrected chi connectivity index (χ1v) is 5.79. The molecule has 4 heteroatoms. The quantitative estimate of drug-likeness (QED) is 0.721. The summed E-state index contributed by atoms with van der Waals surface area (Å²) in [5.74, 6) is 0.610. The van der Waals surface area contributed by atoms with Crippen LogP contribution in [0.15, 0.2) is 0 Å². The fourth-order valence-electron chi connectivity index (χ4n) is 2.56. The smallest absolute Gasteiger partial charge is 0.0702 e. The Morgan fingerprint density at radius 3 is 3.00 bits per heavy atom. The molecule has 15 heavy (non-hydrogen) atoms. The molecule has 1 saturated heterocycles. The average Bonchev–Trinajstić information content (AvgIpc) is 2.74. The van der Waals surface area contributed by atoms with Crippen LogP contribution in [0.4, 0.5) is 0 Å². The molecule has 0 aromatic carbocycles. The van der Waals surface area contributed by atoms with Crippen LogP contribution < -0.4 is 5.32 Å². The van der Waals surface area contributed by atoms with Crippen LogP contribution in [0.3, 0.4) is 0 Å². The van der Waals surface area contributed by atoms with Gasteiger partial charge in [0.1, 0.15) is 0 Å². The van der Waals surface area contributed by atoms with E-state index in [2.05, 4.69) is 15.5 Å². The minimum Gasteiger partial charge on any atom is -0.381 e. The SMILES string of the molecule is C1Cc2[nH]nc(C3CCOCC3)c2CN1. The van der Waals surface area contributed by atoms with Crippen molar-refractivity contribution in [2.75, 3.05) is 19.8 Å². The molecular weight excluding hydrogens is 190 g/mol. The monoisotopic (exact) mass is 207 g/mol. The highest BCUT2D eigenvalue weighted by atomic mass is 16.5. The maximum absolute atomic E-state index is 5.39. The molecule has 1 aromatic rings. The average molecular weight is 207 g/mol. The van der Waals surface area contributed by atoms with Crippen molar-refractivity contribution in [3.8, 4) is 0 Å². The van der Waals surface area contributed by atoms with Crippen LogP contribution >= 0.6 is 0 Å². The minimum absolute atomic E-state index is 0.610.